The van der Waals surface area contributed by atoms with Crippen LogP contribution in [0.3, 0.4) is 0 Å². The van der Waals surface area contributed by atoms with E-state index in [-0.39, 0.29) is 5.91 Å². The van der Waals surface area contributed by atoms with Gasteiger partial charge in [-0.25, -0.2) is 0 Å². The second kappa shape index (κ2) is 5.77. The molecule has 0 unspecified atom stereocenters. The Morgan fingerprint density at radius 1 is 1.50 bits per heavy atom. The lowest BCUT2D eigenvalue weighted by molar-refractivity contribution is 0.100. The van der Waals surface area contributed by atoms with Crippen LogP contribution in [0.5, 0.6) is 0 Å². The highest BCUT2D eigenvalue weighted by atomic mass is 32.1. The summed E-state index contributed by atoms with van der Waals surface area (Å²) in [7, 11) is 0. The zero-order valence-electron chi connectivity index (χ0n) is 7.70. The first kappa shape index (κ1) is 11.2. The molecule has 0 aliphatic heterocycles. The molecular weight excluding hydrogens is 170 g/mol. The maximum absolute atomic E-state index is 10.3. The first-order valence-electron chi connectivity index (χ1n) is 3.87. The third-order valence-electron chi connectivity index (χ3n) is 0.764. The normalized spacial score (nSPS) is 9.00. The number of carbonyl (C=O) groups excluding carboxylic acids is 1. The van der Waals surface area contributed by atoms with Gasteiger partial charge in [0.1, 0.15) is 0 Å². The molecule has 2 N–H and O–H groups in total. The fourth-order valence-electron chi connectivity index (χ4n) is 0.419. The van der Waals surface area contributed by atoms with Gasteiger partial charge >= 0.3 is 0 Å². The molecule has 0 radical (unpaired) electrons. The molecule has 0 spiro atoms. The van der Waals surface area contributed by atoms with Crippen molar-refractivity contribution in [2.75, 3.05) is 0 Å². The molecule has 0 aliphatic carbocycles. The summed E-state index contributed by atoms with van der Waals surface area (Å²) in [5.41, 5.74) is 4.93. The SMILES string of the molecule is CC(C)C.NC(=O)c1cccs1. The van der Waals surface area contributed by atoms with E-state index in [9.17, 15) is 4.79 Å². The standard InChI is InChI=1S/C5H5NOS.C4H10/c6-5(7)4-2-1-3-8-4;1-4(2)3/h1-3H,(H2,6,7);4H,1-3H3. The van der Waals surface area contributed by atoms with Crippen molar-refractivity contribution in [3.05, 3.63) is 22.4 Å². The molecule has 12 heavy (non-hydrogen) atoms. The smallest absolute Gasteiger partial charge is 0.258 e. The van der Waals surface area contributed by atoms with Crippen molar-refractivity contribution in [2.24, 2.45) is 11.7 Å². The molecule has 1 heterocycles. The van der Waals surface area contributed by atoms with Gasteiger partial charge in [-0.3, -0.25) is 4.79 Å². The van der Waals surface area contributed by atoms with E-state index < -0.39 is 0 Å². The zero-order chi connectivity index (χ0) is 9.56. The third-order valence-corrected chi connectivity index (χ3v) is 1.65. The molecule has 0 atom stereocenters. The van der Waals surface area contributed by atoms with Crippen molar-refractivity contribution in [1.29, 1.82) is 0 Å². The number of nitrogens with two attached hydrogens (primary N) is 1. The van der Waals surface area contributed by atoms with Crippen LogP contribution in [-0.4, -0.2) is 5.91 Å². The lowest BCUT2D eigenvalue weighted by Crippen LogP contribution is -2.07. The largest absolute Gasteiger partial charge is 0.365 e. The van der Waals surface area contributed by atoms with E-state index in [4.69, 9.17) is 5.73 Å². The van der Waals surface area contributed by atoms with Crippen molar-refractivity contribution in [3.8, 4) is 0 Å². The minimum Gasteiger partial charge on any atom is -0.365 e. The summed E-state index contributed by atoms with van der Waals surface area (Å²) in [4.78, 5) is 10.9. The summed E-state index contributed by atoms with van der Waals surface area (Å²) in [6.45, 7) is 6.50. The molecule has 1 aromatic heterocycles. The van der Waals surface area contributed by atoms with Crippen molar-refractivity contribution in [2.45, 2.75) is 20.8 Å². The molecule has 0 fully saturated rings. The van der Waals surface area contributed by atoms with Crippen LogP contribution in [0.15, 0.2) is 17.5 Å². The van der Waals surface area contributed by atoms with E-state index in [1.54, 1.807) is 12.1 Å². The molecule has 0 aromatic carbocycles. The molecule has 0 saturated carbocycles. The number of amides is 1. The molecule has 0 saturated heterocycles. The van der Waals surface area contributed by atoms with E-state index >= 15 is 0 Å². The monoisotopic (exact) mass is 185 g/mol. The summed E-state index contributed by atoms with van der Waals surface area (Å²) in [5.74, 6) is 0.486. The van der Waals surface area contributed by atoms with Crippen molar-refractivity contribution >= 4 is 17.2 Å². The van der Waals surface area contributed by atoms with E-state index in [0.717, 1.165) is 5.92 Å². The minimum absolute atomic E-state index is 0.347. The van der Waals surface area contributed by atoms with Crippen LogP contribution < -0.4 is 5.73 Å². The van der Waals surface area contributed by atoms with Crippen LogP contribution in [-0.2, 0) is 0 Å². The summed E-state index contributed by atoms with van der Waals surface area (Å²) >= 11 is 1.36. The van der Waals surface area contributed by atoms with E-state index in [1.165, 1.54) is 11.3 Å². The van der Waals surface area contributed by atoms with Gasteiger partial charge in [0.05, 0.1) is 4.88 Å². The van der Waals surface area contributed by atoms with Gasteiger partial charge in [0.25, 0.3) is 5.91 Å². The van der Waals surface area contributed by atoms with Crippen molar-refractivity contribution in [3.63, 3.8) is 0 Å². The van der Waals surface area contributed by atoms with Gasteiger partial charge in [0.15, 0.2) is 0 Å². The molecule has 3 heteroatoms. The predicted octanol–water partition coefficient (Wildman–Crippen LogP) is 2.51. The lowest BCUT2D eigenvalue weighted by Gasteiger charge is -1.80. The molecule has 2 nitrogen and oxygen atoms in total. The van der Waals surface area contributed by atoms with Crippen LogP contribution in [0, 0.1) is 5.92 Å². The lowest BCUT2D eigenvalue weighted by atomic mass is 10.3. The molecule has 1 rings (SSSR count). The van der Waals surface area contributed by atoms with Crippen LogP contribution in [0.2, 0.25) is 0 Å². The Labute approximate surface area is 77.4 Å². The van der Waals surface area contributed by atoms with Gasteiger partial charge in [-0.2, -0.15) is 0 Å². The molecule has 0 bridgehead atoms. The first-order valence-corrected chi connectivity index (χ1v) is 4.75. The fraction of sp³-hybridized carbons (Fsp3) is 0.444. The van der Waals surface area contributed by atoms with Gasteiger partial charge in [0, 0.05) is 0 Å². The quantitative estimate of drug-likeness (QED) is 0.717. The van der Waals surface area contributed by atoms with E-state index in [2.05, 4.69) is 20.8 Å². The number of hydrogen-bond acceptors (Lipinski definition) is 2. The number of carbonyl (C=O) groups is 1. The first-order chi connectivity index (χ1) is 5.54. The molecule has 1 aromatic rings. The molecule has 0 aliphatic rings. The Morgan fingerprint density at radius 2 is 2.00 bits per heavy atom. The molecule has 68 valence electrons. The Kier molecular flexibility index (Phi) is 5.37. The van der Waals surface area contributed by atoms with Gasteiger partial charge in [0.2, 0.25) is 0 Å². The van der Waals surface area contributed by atoms with Crippen molar-refractivity contribution in [1.82, 2.24) is 0 Å². The van der Waals surface area contributed by atoms with Gasteiger partial charge in [-0.1, -0.05) is 26.8 Å². The minimum atomic E-state index is -0.347. The maximum atomic E-state index is 10.3. The number of thiophene rings is 1. The van der Waals surface area contributed by atoms with E-state index in [0.29, 0.717) is 4.88 Å². The van der Waals surface area contributed by atoms with Crippen LogP contribution in [0.1, 0.15) is 30.4 Å². The number of rotatable bonds is 1. The summed E-state index contributed by atoms with van der Waals surface area (Å²) in [6.07, 6.45) is 0. The van der Waals surface area contributed by atoms with Crippen LogP contribution in [0.4, 0.5) is 0 Å². The average Bonchev–Trinajstić information content (AvgIpc) is 2.34. The summed E-state index contributed by atoms with van der Waals surface area (Å²) in [6, 6.07) is 3.50. The maximum Gasteiger partial charge on any atom is 0.258 e. The summed E-state index contributed by atoms with van der Waals surface area (Å²) < 4.78 is 0. The Morgan fingerprint density at radius 3 is 2.17 bits per heavy atom. The topological polar surface area (TPSA) is 43.1 Å². The molecule has 1 amide bonds. The van der Waals surface area contributed by atoms with Crippen molar-refractivity contribution < 1.29 is 4.79 Å². The highest BCUT2D eigenvalue weighted by molar-refractivity contribution is 7.12. The number of primary amides is 1. The highest BCUT2D eigenvalue weighted by Crippen LogP contribution is 2.05. The Balaban J connectivity index is 0.000000261. The highest BCUT2D eigenvalue weighted by Gasteiger charge is 1.96. The Hall–Kier alpha value is -0.830. The second-order valence-electron chi connectivity index (χ2n) is 3.07. The Bertz CT molecular complexity index is 214. The predicted molar refractivity (Wildman–Crippen MR) is 53.3 cm³/mol. The van der Waals surface area contributed by atoms with Gasteiger partial charge < -0.3 is 5.73 Å². The van der Waals surface area contributed by atoms with Gasteiger partial charge in [-0.15, -0.1) is 11.3 Å². The van der Waals surface area contributed by atoms with Crippen LogP contribution >= 0.6 is 11.3 Å². The van der Waals surface area contributed by atoms with Gasteiger partial charge in [-0.05, 0) is 17.4 Å². The summed E-state index contributed by atoms with van der Waals surface area (Å²) in [5, 5.41) is 1.82. The molecular formula is C9H15NOS. The third kappa shape index (κ3) is 5.92. The number of hydrogen-bond donors (Lipinski definition) is 1. The fourth-order valence-corrected chi connectivity index (χ4v) is 0.996. The zero-order valence-corrected chi connectivity index (χ0v) is 8.52. The second-order valence-corrected chi connectivity index (χ2v) is 4.02. The van der Waals surface area contributed by atoms with Crippen LogP contribution in [0.25, 0.3) is 0 Å². The van der Waals surface area contributed by atoms with E-state index in [1.807, 2.05) is 5.38 Å². The average molecular weight is 185 g/mol.